The van der Waals surface area contributed by atoms with Gasteiger partial charge in [0.1, 0.15) is 22.3 Å². The molecule has 0 saturated carbocycles. The lowest BCUT2D eigenvalue weighted by molar-refractivity contribution is 0.255. The van der Waals surface area contributed by atoms with Crippen LogP contribution in [-0.2, 0) is 10.0 Å². The van der Waals surface area contributed by atoms with E-state index in [9.17, 15) is 21.6 Å². The van der Waals surface area contributed by atoms with Crippen molar-refractivity contribution in [3.63, 3.8) is 0 Å². The van der Waals surface area contributed by atoms with Crippen molar-refractivity contribution < 1.29 is 21.6 Å². The summed E-state index contributed by atoms with van der Waals surface area (Å²) in [5.41, 5.74) is 0.594. The second kappa shape index (κ2) is 8.93. The third kappa shape index (κ3) is 5.03. The molecule has 1 heterocycles. The zero-order valence-corrected chi connectivity index (χ0v) is 16.1. The molecule has 152 valence electrons. The standard InChI is InChI=1S/C19H22F3N3O2S/c20-15-6-7-19(17(22)14-15)28(26,27)23-8-3-9-24-10-12-25(13-11-24)18-5-2-1-4-16(18)21/h1-2,4-7,14,23H,3,8-13H2. The van der Waals surface area contributed by atoms with Gasteiger partial charge in [-0.25, -0.2) is 26.3 Å². The highest BCUT2D eigenvalue weighted by atomic mass is 32.2. The molecule has 1 aliphatic rings. The summed E-state index contributed by atoms with van der Waals surface area (Å²) in [5.74, 6) is -2.18. The number of hydrogen-bond acceptors (Lipinski definition) is 4. The zero-order chi connectivity index (χ0) is 20.1. The summed E-state index contributed by atoms with van der Waals surface area (Å²) in [7, 11) is -4.02. The van der Waals surface area contributed by atoms with Crippen molar-refractivity contribution in [2.75, 3.05) is 44.2 Å². The van der Waals surface area contributed by atoms with E-state index in [0.29, 0.717) is 37.8 Å². The maximum atomic E-state index is 13.9. The number of hydrogen-bond donors (Lipinski definition) is 1. The lowest BCUT2D eigenvalue weighted by Crippen LogP contribution is -2.47. The normalized spacial score (nSPS) is 15.8. The molecule has 3 rings (SSSR count). The van der Waals surface area contributed by atoms with Crippen molar-refractivity contribution >= 4 is 15.7 Å². The van der Waals surface area contributed by atoms with E-state index in [1.54, 1.807) is 18.2 Å². The van der Waals surface area contributed by atoms with Crippen LogP contribution < -0.4 is 9.62 Å². The lowest BCUT2D eigenvalue weighted by atomic mass is 10.2. The van der Waals surface area contributed by atoms with E-state index in [2.05, 4.69) is 9.62 Å². The van der Waals surface area contributed by atoms with Gasteiger partial charge in [0.25, 0.3) is 0 Å². The third-order valence-corrected chi connectivity index (χ3v) is 6.19. The number of sulfonamides is 1. The Morgan fingerprint density at radius 2 is 1.64 bits per heavy atom. The van der Waals surface area contributed by atoms with E-state index in [0.717, 1.165) is 25.2 Å². The molecule has 1 N–H and O–H groups in total. The summed E-state index contributed by atoms with van der Waals surface area (Å²) >= 11 is 0. The van der Waals surface area contributed by atoms with E-state index >= 15 is 0 Å². The van der Waals surface area contributed by atoms with Crippen molar-refractivity contribution in [2.24, 2.45) is 0 Å². The lowest BCUT2D eigenvalue weighted by Gasteiger charge is -2.36. The molecule has 0 unspecified atom stereocenters. The van der Waals surface area contributed by atoms with Gasteiger partial charge in [-0.15, -0.1) is 0 Å². The van der Waals surface area contributed by atoms with Crippen LogP contribution in [0.2, 0.25) is 0 Å². The van der Waals surface area contributed by atoms with Crippen LogP contribution in [0.3, 0.4) is 0 Å². The first-order chi connectivity index (χ1) is 13.4. The van der Waals surface area contributed by atoms with Gasteiger partial charge in [-0.05, 0) is 37.2 Å². The van der Waals surface area contributed by atoms with Gasteiger partial charge in [-0.3, -0.25) is 4.90 Å². The minimum absolute atomic E-state index is 0.146. The highest BCUT2D eigenvalue weighted by Crippen LogP contribution is 2.20. The predicted octanol–water partition coefficient (Wildman–Crippen LogP) is 2.59. The molecule has 0 spiro atoms. The zero-order valence-electron chi connectivity index (χ0n) is 15.2. The van der Waals surface area contributed by atoms with Crippen LogP contribution in [0.1, 0.15) is 6.42 Å². The minimum Gasteiger partial charge on any atom is -0.367 e. The largest absolute Gasteiger partial charge is 0.367 e. The average Bonchev–Trinajstić information content (AvgIpc) is 2.66. The van der Waals surface area contributed by atoms with Gasteiger partial charge < -0.3 is 4.90 Å². The summed E-state index contributed by atoms with van der Waals surface area (Å²) in [4.78, 5) is 3.60. The molecule has 9 heteroatoms. The maximum Gasteiger partial charge on any atom is 0.243 e. The highest BCUT2D eigenvalue weighted by molar-refractivity contribution is 7.89. The third-order valence-electron chi connectivity index (χ3n) is 4.69. The Bertz CT molecular complexity index is 916. The van der Waals surface area contributed by atoms with Crippen molar-refractivity contribution in [1.82, 2.24) is 9.62 Å². The molecule has 0 aromatic heterocycles. The number of benzene rings is 2. The Kier molecular flexibility index (Phi) is 6.58. The van der Waals surface area contributed by atoms with Gasteiger partial charge >= 0.3 is 0 Å². The second-order valence-electron chi connectivity index (χ2n) is 6.61. The Morgan fingerprint density at radius 3 is 2.32 bits per heavy atom. The Labute approximate surface area is 162 Å². The van der Waals surface area contributed by atoms with E-state index in [1.165, 1.54) is 6.07 Å². The number of rotatable bonds is 7. The molecule has 0 atom stereocenters. The van der Waals surface area contributed by atoms with Gasteiger partial charge in [0.15, 0.2) is 0 Å². The minimum atomic E-state index is -4.02. The van der Waals surface area contributed by atoms with E-state index < -0.39 is 26.6 Å². The topological polar surface area (TPSA) is 52.7 Å². The molecule has 0 amide bonds. The Balaban J connectivity index is 1.43. The summed E-state index contributed by atoms with van der Waals surface area (Å²) in [6, 6.07) is 9.03. The highest BCUT2D eigenvalue weighted by Gasteiger charge is 2.21. The van der Waals surface area contributed by atoms with Crippen LogP contribution in [0.15, 0.2) is 47.4 Å². The number of anilines is 1. The average molecular weight is 413 g/mol. The van der Waals surface area contributed by atoms with Gasteiger partial charge in [-0.2, -0.15) is 0 Å². The Hall–Kier alpha value is -2.10. The van der Waals surface area contributed by atoms with Crippen molar-refractivity contribution in [3.05, 3.63) is 59.9 Å². The summed E-state index contributed by atoms with van der Waals surface area (Å²) in [6.07, 6.45) is 0.543. The first-order valence-electron chi connectivity index (χ1n) is 9.03. The molecule has 2 aromatic carbocycles. The first-order valence-corrected chi connectivity index (χ1v) is 10.5. The van der Waals surface area contributed by atoms with Crippen LogP contribution in [0.25, 0.3) is 0 Å². The molecule has 0 radical (unpaired) electrons. The number of nitrogens with one attached hydrogen (secondary N) is 1. The monoisotopic (exact) mass is 413 g/mol. The Morgan fingerprint density at radius 1 is 0.929 bits per heavy atom. The maximum absolute atomic E-state index is 13.9. The fourth-order valence-corrected chi connectivity index (χ4v) is 4.33. The molecular formula is C19H22F3N3O2S. The number of halogens is 3. The molecule has 28 heavy (non-hydrogen) atoms. The van der Waals surface area contributed by atoms with Crippen LogP contribution in [0.4, 0.5) is 18.9 Å². The molecule has 2 aromatic rings. The molecule has 0 bridgehead atoms. The van der Waals surface area contributed by atoms with Gasteiger partial charge in [0, 0.05) is 38.8 Å². The molecule has 5 nitrogen and oxygen atoms in total. The van der Waals surface area contributed by atoms with E-state index in [1.807, 2.05) is 4.90 Å². The first kappa shape index (κ1) is 20.6. The predicted molar refractivity (Wildman–Crippen MR) is 101 cm³/mol. The van der Waals surface area contributed by atoms with Crippen LogP contribution in [0, 0.1) is 17.5 Å². The SMILES string of the molecule is O=S(=O)(NCCCN1CCN(c2ccccc2F)CC1)c1ccc(F)cc1F. The molecular weight excluding hydrogens is 391 g/mol. The molecule has 1 aliphatic heterocycles. The fourth-order valence-electron chi connectivity index (χ4n) is 3.20. The fraction of sp³-hybridized carbons (Fsp3) is 0.368. The van der Waals surface area contributed by atoms with Gasteiger partial charge in [-0.1, -0.05) is 12.1 Å². The summed E-state index contributed by atoms with van der Waals surface area (Å²) in [5, 5.41) is 0. The van der Waals surface area contributed by atoms with Crippen LogP contribution in [-0.4, -0.2) is 52.6 Å². The smallest absolute Gasteiger partial charge is 0.243 e. The summed E-state index contributed by atoms with van der Waals surface area (Å²) in [6.45, 7) is 3.68. The van der Waals surface area contributed by atoms with E-state index in [4.69, 9.17) is 0 Å². The molecule has 1 fully saturated rings. The van der Waals surface area contributed by atoms with Crippen LogP contribution >= 0.6 is 0 Å². The van der Waals surface area contributed by atoms with Crippen LogP contribution in [0.5, 0.6) is 0 Å². The number of piperazine rings is 1. The number of para-hydroxylation sites is 1. The number of nitrogens with zero attached hydrogens (tertiary/aromatic N) is 2. The van der Waals surface area contributed by atoms with Crippen molar-refractivity contribution in [3.8, 4) is 0 Å². The van der Waals surface area contributed by atoms with Gasteiger partial charge in [0.2, 0.25) is 10.0 Å². The quantitative estimate of drug-likeness (QED) is 0.709. The summed E-state index contributed by atoms with van der Waals surface area (Å²) < 4.78 is 67.0. The second-order valence-corrected chi connectivity index (χ2v) is 8.34. The van der Waals surface area contributed by atoms with E-state index in [-0.39, 0.29) is 12.4 Å². The van der Waals surface area contributed by atoms with Crippen molar-refractivity contribution in [2.45, 2.75) is 11.3 Å². The van der Waals surface area contributed by atoms with Gasteiger partial charge in [0.05, 0.1) is 5.69 Å². The molecule has 1 saturated heterocycles. The molecule has 0 aliphatic carbocycles. The van der Waals surface area contributed by atoms with Crippen molar-refractivity contribution in [1.29, 1.82) is 0 Å².